The molecule has 1 aliphatic carbocycles. The van der Waals surface area contributed by atoms with Gasteiger partial charge in [0, 0.05) is 37.8 Å². The summed E-state index contributed by atoms with van der Waals surface area (Å²) in [7, 11) is 3.27. The normalized spacial score (nSPS) is 13.5. The summed E-state index contributed by atoms with van der Waals surface area (Å²) in [4.78, 5) is 41.2. The largest absolute Gasteiger partial charge is 0.373 e. The third-order valence-electron chi connectivity index (χ3n) is 4.14. The van der Waals surface area contributed by atoms with Gasteiger partial charge in [-0.2, -0.15) is 0 Å². The van der Waals surface area contributed by atoms with Gasteiger partial charge in [0.05, 0.1) is 0 Å². The lowest BCUT2D eigenvalue weighted by molar-refractivity contribution is -0.116. The van der Waals surface area contributed by atoms with Crippen LogP contribution >= 0.6 is 0 Å². The van der Waals surface area contributed by atoms with Crippen molar-refractivity contribution in [2.75, 3.05) is 19.0 Å². The number of amides is 1. The van der Waals surface area contributed by atoms with Gasteiger partial charge in [0.2, 0.25) is 17.5 Å². The van der Waals surface area contributed by atoms with Gasteiger partial charge >= 0.3 is 0 Å². The average molecular weight is 352 g/mol. The van der Waals surface area contributed by atoms with E-state index in [-0.39, 0.29) is 22.7 Å². The molecule has 26 heavy (non-hydrogen) atoms. The van der Waals surface area contributed by atoms with Crippen molar-refractivity contribution >= 4 is 23.2 Å². The van der Waals surface area contributed by atoms with Crippen molar-refractivity contribution in [3.63, 3.8) is 0 Å². The summed E-state index contributed by atoms with van der Waals surface area (Å²) in [6.45, 7) is 1.29. The number of fused-ring (bicyclic) bond motifs is 1. The summed E-state index contributed by atoms with van der Waals surface area (Å²) in [5, 5.41) is 0. The Morgan fingerprint density at radius 2 is 1.35 bits per heavy atom. The number of carbonyl (C=O) groups is 3. The highest BCUT2D eigenvalue weighted by Gasteiger charge is 2.38. The molecule has 1 aliphatic rings. The number of anilines is 1. The minimum absolute atomic E-state index is 0.0298. The highest BCUT2D eigenvalue weighted by molar-refractivity contribution is 6.29. The predicted octanol–water partition coefficient (Wildman–Crippen LogP) is 3.03. The van der Waals surface area contributed by atoms with Crippen LogP contribution in [0.4, 0.5) is 10.1 Å². The molecule has 0 saturated carbocycles. The molecule has 2 aromatic rings. The first-order chi connectivity index (χ1) is 12.3. The maximum absolute atomic E-state index is 13.3. The van der Waals surface area contributed by atoms with Crippen LogP contribution in [0, 0.1) is 5.82 Å². The lowest BCUT2D eigenvalue weighted by atomic mass is 9.89. The van der Waals surface area contributed by atoms with Gasteiger partial charge in [-0.1, -0.05) is 24.3 Å². The fourth-order valence-electron chi connectivity index (χ4n) is 3.03. The molecule has 5 nitrogen and oxygen atoms in total. The number of ketones is 2. The Kier molecular flexibility index (Phi) is 4.42. The Balaban J connectivity index is 2.28. The number of nitrogens with zero attached hydrogens (tertiary/aromatic N) is 2. The molecule has 0 saturated heterocycles. The second-order valence-electron chi connectivity index (χ2n) is 6.13. The van der Waals surface area contributed by atoms with Crippen LogP contribution in [-0.2, 0) is 4.79 Å². The number of hydrogen-bond donors (Lipinski definition) is 0. The Bertz CT molecular complexity index is 946. The van der Waals surface area contributed by atoms with Crippen LogP contribution in [-0.4, -0.2) is 36.5 Å². The molecule has 0 atom stereocenters. The fourth-order valence-corrected chi connectivity index (χ4v) is 3.03. The van der Waals surface area contributed by atoms with Crippen LogP contribution in [0.5, 0.6) is 0 Å². The molecule has 0 aliphatic heterocycles. The molecule has 0 N–H and O–H groups in total. The number of likely N-dealkylation sites (N-methyl/N-ethyl adjacent to an activating group) is 1. The predicted molar refractivity (Wildman–Crippen MR) is 95.4 cm³/mol. The molecule has 1 amide bonds. The quantitative estimate of drug-likeness (QED) is 0.852. The maximum Gasteiger partial charge on any atom is 0.228 e. The van der Waals surface area contributed by atoms with E-state index in [2.05, 4.69) is 0 Å². The number of allylic oxidation sites excluding steroid dienone is 2. The standard InChI is InChI=1S/C20H17FN2O3/c1-12(24)23(14-10-8-13(21)9-11-14)18-17(22(2)3)19(25)15-6-4-5-7-16(15)20(18)26/h4-11H,1-3H3. The Labute approximate surface area is 150 Å². The van der Waals surface area contributed by atoms with Crippen molar-refractivity contribution in [2.24, 2.45) is 0 Å². The van der Waals surface area contributed by atoms with Crippen LogP contribution in [0.3, 0.4) is 0 Å². The highest BCUT2D eigenvalue weighted by Crippen LogP contribution is 2.32. The first-order valence-electron chi connectivity index (χ1n) is 7.99. The monoisotopic (exact) mass is 352 g/mol. The maximum atomic E-state index is 13.3. The summed E-state index contributed by atoms with van der Waals surface area (Å²) in [6, 6.07) is 11.7. The van der Waals surface area contributed by atoms with Gasteiger partial charge in [0.25, 0.3) is 0 Å². The van der Waals surface area contributed by atoms with E-state index < -0.39 is 17.5 Å². The Morgan fingerprint density at radius 1 is 0.846 bits per heavy atom. The molecule has 0 spiro atoms. The van der Waals surface area contributed by atoms with Crippen molar-refractivity contribution < 1.29 is 18.8 Å². The fraction of sp³-hybridized carbons (Fsp3) is 0.150. The zero-order chi connectivity index (χ0) is 19.0. The molecule has 132 valence electrons. The van der Waals surface area contributed by atoms with Crippen LogP contribution in [0.2, 0.25) is 0 Å². The van der Waals surface area contributed by atoms with Gasteiger partial charge in [-0.25, -0.2) is 4.39 Å². The van der Waals surface area contributed by atoms with E-state index in [1.54, 1.807) is 38.4 Å². The average Bonchev–Trinajstić information content (AvgIpc) is 2.60. The van der Waals surface area contributed by atoms with Crippen LogP contribution in [0.1, 0.15) is 27.6 Å². The highest BCUT2D eigenvalue weighted by atomic mass is 19.1. The van der Waals surface area contributed by atoms with Gasteiger partial charge < -0.3 is 4.90 Å². The van der Waals surface area contributed by atoms with Gasteiger partial charge in [0.1, 0.15) is 17.2 Å². The zero-order valence-corrected chi connectivity index (χ0v) is 14.6. The van der Waals surface area contributed by atoms with Crippen molar-refractivity contribution in [3.8, 4) is 0 Å². The first-order valence-corrected chi connectivity index (χ1v) is 7.99. The Hall–Kier alpha value is -3.28. The minimum Gasteiger partial charge on any atom is -0.373 e. The van der Waals surface area contributed by atoms with E-state index in [4.69, 9.17) is 0 Å². The van der Waals surface area contributed by atoms with E-state index in [0.717, 1.165) is 4.90 Å². The molecule has 0 aromatic heterocycles. The summed E-state index contributed by atoms with van der Waals surface area (Å²) >= 11 is 0. The number of carbonyl (C=O) groups excluding carboxylic acids is 3. The number of hydrogen-bond acceptors (Lipinski definition) is 4. The molecular weight excluding hydrogens is 335 g/mol. The summed E-state index contributed by atoms with van der Waals surface area (Å²) in [5.41, 5.74) is 0.943. The van der Waals surface area contributed by atoms with Gasteiger partial charge in [-0.05, 0) is 24.3 Å². The van der Waals surface area contributed by atoms with Gasteiger partial charge in [0.15, 0.2) is 0 Å². The Morgan fingerprint density at radius 3 is 1.81 bits per heavy atom. The van der Waals surface area contributed by atoms with E-state index >= 15 is 0 Å². The third kappa shape index (κ3) is 2.79. The van der Waals surface area contributed by atoms with Crippen molar-refractivity contribution in [1.82, 2.24) is 4.90 Å². The lowest BCUT2D eigenvalue weighted by Crippen LogP contribution is -2.40. The topological polar surface area (TPSA) is 57.7 Å². The minimum atomic E-state index is -0.463. The summed E-state index contributed by atoms with van der Waals surface area (Å²) in [5.74, 6) is -1.68. The molecule has 6 heteroatoms. The number of halogens is 1. The summed E-state index contributed by atoms with van der Waals surface area (Å²) in [6.07, 6.45) is 0. The molecule has 3 rings (SSSR count). The van der Waals surface area contributed by atoms with Gasteiger partial charge in [-0.3, -0.25) is 19.3 Å². The number of Topliss-reactive ketones (excluding diaryl/α,β-unsaturated/α-hetero) is 2. The van der Waals surface area contributed by atoms with Crippen LogP contribution in [0.25, 0.3) is 0 Å². The van der Waals surface area contributed by atoms with E-state index in [9.17, 15) is 18.8 Å². The third-order valence-corrected chi connectivity index (χ3v) is 4.14. The molecule has 0 radical (unpaired) electrons. The molecular formula is C20H17FN2O3. The van der Waals surface area contributed by atoms with Crippen LogP contribution < -0.4 is 4.90 Å². The van der Waals surface area contributed by atoms with E-state index in [0.29, 0.717) is 11.3 Å². The summed E-state index contributed by atoms with van der Waals surface area (Å²) < 4.78 is 13.3. The molecule has 0 unspecified atom stereocenters. The van der Waals surface area contributed by atoms with Crippen LogP contribution in [0.15, 0.2) is 59.9 Å². The molecule has 0 fully saturated rings. The van der Waals surface area contributed by atoms with Crippen molar-refractivity contribution in [2.45, 2.75) is 6.92 Å². The van der Waals surface area contributed by atoms with Crippen molar-refractivity contribution in [3.05, 3.63) is 76.9 Å². The SMILES string of the molecule is CC(=O)N(C1=C(N(C)C)C(=O)c2ccccc2C1=O)c1ccc(F)cc1. The molecule has 0 bridgehead atoms. The second-order valence-corrected chi connectivity index (χ2v) is 6.13. The lowest BCUT2D eigenvalue weighted by Gasteiger charge is -2.31. The molecule has 2 aromatic carbocycles. The van der Waals surface area contributed by atoms with Gasteiger partial charge in [-0.15, -0.1) is 0 Å². The number of benzene rings is 2. The zero-order valence-electron chi connectivity index (χ0n) is 14.6. The smallest absolute Gasteiger partial charge is 0.228 e. The number of rotatable bonds is 3. The van der Waals surface area contributed by atoms with Crippen molar-refractivity contribution in [1.29, 1.82) is 0 Å². The second kappa shape index (κ2) is 6.55. The molecule has 0 heterocycles. The van der Waals surface area contributed by atoms with E-state index in [1.807, 2.05) is 0 Å². The first kappa shape index (κ1) is 17.5. The van der Waals surface area contributed by atoms with E-state index in [1.165, 1.54) is 36.1 Å².